The number of aldehydes is 1. The predicted molar refractivity (Wildman–Crippen MR) is 58.5 cm³/mol. The van der Waals surface area contributed by atoms with Gasteiger partial charge in [-0.2, -0.15) is 0 Å². The second-order valence-electron chi connectivity index (χ2n) is 4.65. The number of carbonyl (C=O) groups is 2. The third-order valence-electron chi connectivity index (χ3n) is 2.85. The minimum Gasteiger partial charge on any atom is -0.340 e. The Morgan fingerprint density at radius 3 is 2.73 bits per heavy atom. The van der Waals surface area contributed by atoms with Gasteiger partial charge in [0, 0.05) is 19.6 Å². The molecule has 0 saturated carbocycles. The molecule has 1 atom stereocenters. The van der Waals surface area contributed by atoms with Crippen LogP contribution in [0.25, 0.3) is 0 Å². The molecule has 0 aromatic rings. The summed E-state index contributed by atoms with van der Waals surface area (Å²) in [6, 6.07) is 0.256. The maximum atomic E-state index is 11.6. The van der Waals surface area contributed by atoms with Crippen LogP contribution in [-0.4, -0.2) is 54.7 Å². The van der Waals surface area contributed by atoms with Crippen LogP contribution in [0, 0.1) is 5.92 Å². The average Bonchev–Trinajstić information content (AvgIpc) is 2.13. The maximum absolute atomic E-state index is 11.6. The molecule has 1 unspecified atom stereocenters. The Morgan fingerprint density at radius 1 is 1.53 bits per heavy atom. The van der Waals surface area contributed by atoms with E-state index in [-0.39, 0.29) is 11.9 Å². The number of piperazine rings is 1. The van der Waals surface area contributed by atoms with E-state index in [9.17, 15) is 9.59 Å². The molecule has 1 saturated heterocycles. The van der Waals surface area contributed by atoms with Gasteiger partial charge in [0.15, 0.2) is 0 Å². The van der Waals surface area contributed by atoms with Crippen molar-refractivity contribution in [2.24, 2.45) is 5.92 Å². The zero-order valence-corrected chi connectivity index (χ0v) is 9.77. The molecule has 4 nitrogen and oxygen atoms in total. The van der Waals surface area contributed by atoms with Crippen molar-refractivity contribution in [2.45, 2.75) is 26.3 Å². The molecule has 0 aromatic carbocycles. The van der Waals surface area contributed by atoms with Crippen LogP contribution < -0.4 is 0 Å². The number of carbonyl (C=O) groups excluding carboxylic acids is 2. The van der Waals surface area contributed by atoms with Gasteiger partial charge in [-0.25, -0.2) is 0 Å². The quantitative estimate of drug-likeness (QED) is 0.632. The summed E-state index contributed by atoms with van der Waals surface area (Å²) < 4.78 is 0. The Labute approximate surface area is 91.2 Å². The van der Waals surface area contributed by atoms with Crippen molar-refractivity contribution in [3.63, 3.8) is 0 Å². The van der Waals surface area contributed by atoms with Crippen molar-refractivity contribution in [3.05, 3.63) is 0 Å². The van der Waals surface area contributed by atoms with Crippen LogP contribution >= 0.6 is 0 Å². The maximum Gasteiger partial charge on any atom is 0.236 e. The highest BCUT2D eigenvalue weighted by Crippen LogP contribution is 2.15. The first-order valence-electron chi connectivity index (χ1n) is 5.46. The number of hydrogen-bond donors (Lipinski definition) is 0. The lowest BCUT2D eigenvalue weighted by Crippen LogP contribution is -2.55. The SMILES string of the molecule is CC(C)CC1CN(CC=O)CC(=O)N1C. The van der Waals surface area contributed by atoms with Gasteiger partial charge in [0.25, 0.3) is 0 Å². The summed E-state index contributed by atoms with van der Waals surface area (Å²) in [5.74, 6) is 0.690. The molecule has 0 radical (unpaired) electrons. The van der Waals surface area contributed by atoms with Gasteiger partial charge in [-0.05, 0) is 12.3 Å². The van der Waals surface area contributed by atoms with Crippen LogP contribution in [0.4, 0.5) is 0 Å². The first kappa shape index (κ1) is 12.2. The van der Waals surface area contributed by atoms with E-state index in [1.165, 1.54) is 0 Å². The van der Waals surface area contributed by atoms with E-state index < -0.39 is 0 Å². The third kappa shape index (κ3) is 3.30. The zero-order chi connectivity index (χ0) is 11.4. The topological polar surface area (TPSA) is 40.6 Å². The molecule has 1 rings (SSSR count). The second kappa shape index (κ2) is 5.26. The number of likely N-dealkylation sites (N-methyl/N-ethyl adjacent to an activating group) is 1. The van der Waals surface area contributed by atoms with Crippen LogP contribution in [0.2, 0.25) is 0 Å². The van der Waals surface area contributed by atoms with E-state index in [1.54, 1.807) is 0 Å². The molecule has 1 aliphatic rings. The fourth-order valence-electron chi connectivity index (χ4n) is 2.01. The summed E-state index contributed by atoms with van der Waals surface area (Å²) in [6.45, 7) is 5.87. The summed E-state index contributed by atoms with van der Waals surface area (Å²) in [7, 11) is 1.85. The van der Waals surface area contributed by atoms with Crippen LogP contribution in [0.1, 0.15) is 20.3 Å². The summed E-state index contributed by atoms with van der Waals surface area (Å²) in [6.07, 6.45) is 1.86. The summed E-state index contributed by atoms with van der Waals surface area (Å²) in [5, 5.41) is 0. The van der Waals surface area contributed by atoms with E-state index in [0.717, 1.165) is 19.3 Å². The Kier molecular flexibility index (Phi) is 4.27. The molecule has 0 spiro atoms. The number of rotatable bonds is 4. The Morgan fingerprint density at radius 2 is 2.20 bits per heavy atom. The number of nitrogens with zero attached hydrogens (tertiary/aromatic N) is 2. The molecule has 1 aliphatic heterocycles. The van der Waals surface area contributed by atoms with Gasteiger partial charge >= 0.3 is 0 Å². The highest BCUT2D eigenvalue weighted by atomic mass is 16.2. The van der Waals surface area contributed by atoms with Crippen molar-refractivity contribution >= 4 is 12.2 Å². The third-order valence-corrected chi connectivity index (χ3v) is 2.85. The van der Waals surface area contributed by atoms with Crippen molar-refractivity contribution in [3.8, 4) is 0 Å². The molecule has 15 heavy (non-hydrogen) atoms. The lowest BCUT2D eigenvalue weighted by Gasteiger charge is -2.39. The van der Waals surface area contributed by atoms with Crippen molar-refractivity contribution in [2.75, 3.05) is 26.7 Å². The fraction of sp³-hybridized carbons (Fsp3) is 0.818. The molecule has 4 heteroatoms. The van der Waals surface area contributed by atoms with Gasteiger partial charge < -0.3 is 9.69 Å². The molecule has 0 bridgehead atoms. The van der Waals surface area contributed by atoms with E-state index in [2.05, 4.69) is 13.8 Å². The lowest BCUT2D eigenvalue weighted by atomic mass is 10.0. The molecule has 1 heterocycles. The minimum atomic E-state index is 0.119. The van der Waals surface area contributed by atoms with Crippen LogP contribution in [0.3, 0.4) is 0 Å². The molecule has 0 aliphatic carbocycles. The molecular formula is C11H20N2O2. The normalized spacial score (nSPS) is 23.6. The van der Waals surface area contributed by atoms with Gasteiger partial charge in [-0.15, -0.1) is 0 Å². The van der Waals surface area contributed by atoms with Gasteiger partial charge in [0.2, 0.25) is 5.91 Å². The lowest BCUT2D eigenvalue weighted by molar-refractivity contribution is -0.138. The summed E-state index contributed by atoms with van der Waals surface area (Å²) >= 11 is 0. The highest BCUT2D eigenvalue weighted by Gasteiger charge is 2.29. The monoisotopic (exact) mass is 212 g/mol. The Bertz CT molecular complexity index is 241. The number of hydrogen-bond acceptors (Lipinski definition) is 3. The smallest absolute Gasteiger partial charge is 0.236 e. The fourth-order valence-corrected chi connectivity index (χ4v) is 2.01. The largest absolute Gasteiger partial charge is 0.340 e. The molecular weight excluding hydrogens is 192 g/mol. The van der Waals surface area contributed by atoms with Crippen LogP contribution in [0.15, 0.2) is 0 Å². The number of amides is 1. The van der Waals surface area contributed by atoms with Gasteiger partial charge in [-0.1, -0.05) is 13.8 Å². The predicted octanol–water partition coefficient (Wildman–Crippen LogP) is 0.374. The van der Waals surface area contributed by atoms with E-state index >= 15 is 0 Å². The first-order chi connectivity index (χ1) is 7.04. The van der Waals surface area contributed by atoms with Crippen molar-refractivity contribution in [1.82, 2.24) is 9.80 Å². The standard InChI is InChI=1S/C11H20N2O2/c1-9(2)6-10-7-13(4-5-14)8-11(15)12(10)3/h5,9-10H,4,6-8H2,1-3H3. The van der Waals surface area contributed by atoms with E-state index in [1.807, 2.05) is 16.8 Å². The molecule has 0 aromatic heterocycles. The average molecular weight is 212 g/mol. The first-order valence-corrected chi connectivity index (χ1v) is 5.46. The van der Waals surface area contributed by atoms with Gasteiger partial charge in [0.1, 0.15) is 6.29 Å². The van der Waals surface area contributed by atoms with Crippen molar-refractivity contribution in [1.29, 1.82) is 0 Å². The van der Waals surface area contributed by atoms with Crippen LogP contribution in [0.5, 0.6) is 0 Å². The summed E-state index contributed by atoms with van der Waals surface area (Å²) in [4.78, 5) is 25.8. The van der Waals surface area contributed by atoms with Gasteiger partial charge in [0.05, 0.1) is 13.1 Å². The zero-order valence-electron chi connectivity index (χ0n) is 9.77. The minimum absolute atomic E-state index is 0.119. The second-order valence-corrected chi connectivity index (χ2v) is 4.65. The van der Waals surface area contributed by atoms with E-state index in [0.29, 0.717) is 19.0 Å². The molecule has 1 amide bonds. The Hall–Kier alpha value is -0.900. The molecule has 86 valence electrons. The summed E-state index contributed by atoms with van der Waals surface area (Å²) in [5.41, 5.74) is 0. The van der Waals surface area contributed by atoms with Crippen molar-refractivity contribution < 1.29 is 9.59 Å². The highest BCUT2D eigenvalue weighted by molar-refractivity contribution is 5.79. The molecule has 0 N–H and O–H groups in total. The van der Waals surface area contributed by atoms with Crippen LogP contribution in [-0.2, 0) is 9.59 Å². The van der Waals surface area contributed by atoms with E-state index in [4.69, 9.17) is 0 Å². The Balaban J connectivity index is 2.59. The molecule has 1 fully saturated rings. The van der Waals surface area contributed by atoms with Gasteiger partial charge in [-0.3, -0.25) is 9.69 Å².